The van der Waals surface area contributed by atoms with Crippen molar-refractivity contribution in [3.05, 3.63) is 95.6 Å². The molecule has 0 amide bonds. The molecular weight excluding hydrogens is 448 g/mol. The maximum absolute atomic E-state index is 13.3. The van der Waals surface area contributed by atoms with Crippen molar-refractivity contribution in [2.75, 3.05) is 0 Å². The monoisotopic (exact) mass is 480 g/mol. The second kappa shape index (κ2) is 10.7. The first-order chi connectivity index (χ1) is 17.3. The number of rotatable bonds is 9. The van der Waals surface area contributed by atoms with Gasteiger partial charge in [-0.25, -0.2) is 4.79 Å². The first-order valence-electron chi connectivity index (χ1n) is 12.4. The van der Waals surface area contributed by atoms with Crippen molar-refractivity contribution in [3.8, 4) is 0 Å². The maximum atomic E-state index is 13.3. The minimum absolute atomic E-state index is 0.0115. The number of nitrogens with zero attached hydrogens (tertiary/aromatic N) is 2. The lowest BCUT2D eigenvalue weighted by Gasteiger charge is -2.08. The van der Waals surface area contributed by atoms with Crippen LogP contribution in [0.5, 0.6) is 0 Å². The normalized spacial score (nSPS) is 11.9. The van der Waals surface area contributed by atoms with E-state index >= 15 is 0 Å². The third-order valence-electron chi connectivity index (χ3n) is 6.47. The molecule has 1 aromatic heterocycles. The topological polar surface area (TPSA) is 60.7 Å². The highest BCUT2D eigenvalue weighted by Crippen LogP contribution is 2.32. The number of hydrogen-bond acceptors (Lipinski definition) is 4. The summed E-state index contributed by atoms with van der Waals surface area (Å²) in [7, 11) is 0. The quantitative estimate of drug-likeness (QED) is 0.0835. The third-order valence-corrected chi connectivity index (χ3v) is 6.47. The number of fused-ring (bicyclic) bond motifs is 3. The second-order valence-electron chi connectivity index (χ2n) is 9.28. The molecular formula is C31H32N2O3. The fourth-order valence-electron chi connectivity index (χ4n) is 4.44. The number of carbonyl (C=O) groups excluding carboxylic acids is 2. The zero-order valence-corrected chi connectivity index (χ0v) is 21.4. The van der Waals surface area contributed by atoms with Crippen molar-refractivity contribution in [2.45, 2.75) is 47.1 Å². The summed E-state index contributed by atoms with van der Waals surface area (Å²) in [6.07, 6.45) is 3.14. The molecule has 0 fully saturated rings. The Morgan fingerprint density at radius 2 is 1.64 bits per heavy atom. The molecule has 4 rings (SSSR count). The molecule has 0 aliphatic heterocycles. The van der Waals surface area contributed by atoms with Crippen molar-refractivity contribution in [1.29, 1.82) is 0 Å². The van der Waals surface area contributed by atoms with Crippen LogP contribution in [0.4, 0.5) is 0 Å². The van der Waals surface area contributed by atoms with Gasteiger partial charge in [-0.3, -0.25) is 4.79 Å². The van der Waals surface area contributed by atoms with Gasteiger partial charge in [-0.15, -0.1) is 6.58 Å². The average Bonchev–Trinajstić information content (AvgIpc) is 3.20. The Kier molecular flexibility index (Phi) is 7.49. The molecule has 0 atom stereocenters. The van der Waals surface area contributed by atoms with Crippen molar-refractivity contribution >= 4 is 39.3 Å². The second-order valence-corrected chi connectivity index (χ2v) is 9.28. The van der Waals surface area contributed by atoms with Crippen LogP contribution in [0.15, 0.2) is 78.5 Å². The highest BCUT2D eigenvalue weighted by Gasteiger charge is 2.17. The van der Waals surface area contributed by atoms with E-state index in [9.17, 15) is 9.59 Å². The van der Waals surface area contributed by atoms with Gasteiger partial charge in [0.25, 0.3) is 0 Å². The van der Waals surface area contributed by atoms with E-state index in [-0.39, 0.29) is 17.7 Å². The lowest BCUT2D eigenvalue weighted by molar-refractivity contribution is -0.147. The number of hydrogen-bond donors (Lipinski definition) is 0. The molecule has 0 spiro atoms. The fourth-order valence-corrected chi connectivity index (χ4v) is 4.44. The van der Waals surface area contributed by atoms with E-state index in [4.69, 9.17) is 4.84 Å². The lowest BCUT2D eigenvalue weighted by Crippen LogP contribution is -2.11. The largest absolute Gasteiger partial charge is 0.341 e. The number of benzene rings is 3. The van der Waals surface area contributed by atoms with Crippen LogP contribution in [0.25, 0.3) is 21.8 Å². The molecule has 36 heavy (non-hydrogen) atoms. The highest BCUT2D eigenvalue weighted by molar-refractivity contribution is 6.16. The summed E-state index contributed by atoms with van der Waals surface area (Å²) in [6, 6.07) is 19.8. The molecule has 3 aromatic carbocycles. The Morgan fingerprint density at radius 3 is 2.25 bits per heavy atom. The van der Waals surface area contributed by atoms with E-state index in [1.54, 1.807) is 13.8 Å². The Labute approximate surface area is 212 Å². The summed E-state index contributed by atoms with van der Waals surface area (Å²) in [6.45, 7) is 12.2. The summed E-state index contributed by atoms with van der Waals surface area (Å²) in [5.74, 6) is -0.616. The smallest absolute Gasteiger partial charge is 0.337 e. The third kappa shape index (κ3) is 4.87. The van der Waals surface area contributed by atoms with Crippen molar-refractivity contribution < 1.29 is 14.4 Å². The molecule has 0 bridgehead atoms. The van der Waals surface area contributed by atoms with E-state index < -0.39 is 0 Å². The number of allylic oxidation sites excluding steroid dienone is 1. The average molecular weight is 481 g/mol. The van der Waals surface area contributed by atoms with Crippen LogP contribution < -0.4 is 0 Å². The predicted octanol–water partition coefficient (Wildman–Crippen LogP) is 7.22. The molecule has 4 aromatic rings. The maximum Gasteiger partial charge on any atom is 0.337 e. The van der Waals surface area contributed by atoms with Gasteiger partial charge >= 0.3 is 5.97 Å². The van der Waals surface area contributed by atoms with Gasteiger partial charge in [0.05, 0.1) is 11.6 Å². The minimum atomic E-state index is -0.367. The SMILES string of the molecule is C=CCC/C(=N\OC(=O)C(C)C)c1ccc2c(c1)c1cc(C(=O)c3ccccc3C)ccc1n2CC. The summed E-state index contributed by atoms with van der Waals surface area (Å²) in [5, 5.41) is 6.26. The predicted molar refractivity (Wildman–Crippen MR) is 147 cm³/mol. The van der Waals surface area contributed by atoms with Crippen LogP contribution in [-0.2, 0) is 16.2 Å². The van der Waals surface area contributed by atoms with Gasteiger partial charge in [-0.2, -0.15) is 0 Å². The number of aromatic nitrogens is 1. The van der Waals surface area contributed by atoms with E-state index in [1.165, 1.54) is 0 Å². The van der Waals surface area contributed by atoms with Crippen LogP contribution in [0.1, 0.15) is 60.7 Å². The molecule has 0 saturated heterocycles. The van der Waals surface area contributed by atoms with Crippen molar-refractivity contribution in [3.63, 3.8) is 0 Å². The van der Waals surface area contributed by atoms with Crippen LogP contribution in [0.2, 0.25) is 0 Å². The van der Waals surface area contributed by atoms with E-state index in [1.807, 2.05) is 61.5 Å². The zero-order valence-electron chi connectivity index (χ0n) is 21.4. The molecule has 0 N–H and O–H groups in total. The minimum Gasteiger partial charge on any atom is -0.341 e. The van der Waals surface area contributed by atoms with Crippen molar-refractivity contribution in [2.24, 2.45) is 11.1 Å². The molecule has 5 nitrogen and oxygen atoms in total. The summed E-state index contributed by atoms with van der Waals surface area (Å²) >= 11 is 0. The highest BCUT2D eigenvalue weighted by atomic mass is 16.7. The lowest BCUT2D eigenvalue weighted by atomic mass is 9.97. The van der Waals surface area contributed by atoms with Gasteiger partial charge in [-0.05, 0) is 62.6 Å². The van der Waals surface area contributed by atoms with E-state index in [0.717, 1.165) is 39.5 Å². The Bertz CT molecular complexity index is 1490. The molecule has 0 aliphatic carbocycles. The van der Waals surface area contributed by atoms with Crippen LogP contribution >= 0.6 is 0 Å². The Morgan fingerprint density at radius 1 is 1.00 bits per heavy atom. The van der Waals surface area contributed by atoms with Gasteiger partial charge in [-0.1, -0.05) is 55.4 Å². The number of oxime groups is 1. The molecule has 184 valence electrons. The first-order valence-corrected chi connectivity index (χ1v) is 12.4. The number of ketones is 1. The first kappa shape index (κ1) is 25.1. The Hall–Kier alpha value is -3.99. The van der Waals surface area contributed by atoms with E-state index in [2.05, 4.69) is 35.4 Å². The van der Waals surface area contributed by atoms with Gasteiger partial charge < -0.3 is 9.40 Å². The van der Waals surface area contributed by atoms with Gasteiger partial charge in [0.15, 0.2) is 5.78 Å². The molecule has 0 unspecified atom stereocenters. The van der Waals surface area contributed by atoms with Crippen molar-refractivity contribution in [1.82, 2.24) is 4.57 Å². The van der Waals surface area contributed by atoms with E-state index in [0.29, 0.717) is 29.7 Å². The number of aryl methyl sites for hydroxylation is 2. The fraction of sp³-hybridized carbons (Fsp3) is 0.258. The summed E-state index contributed by atoms with van der Waals surface area (Å²) < 4.78 is 2.25. The van der Waals surface area contributed by atoms with Gasteiger partial charge in [0, 0.05) is 45.0 Å². The molecule has 0 aliphatic rings. The molecule has 1 heterocycles. The molecule has 5 heteroatoms. The Balaban J connectivity index is 1.85. The van der Waals surface area contributed by atoms with Crippen LogP contribution in [0, 0.1) is 12.8 Å². The summed E-state index contributed by atoms with van der Waals surface area (Å²) in [5.41, 5.74) is 6.05. The number of carbonyl (C=O) groups is 2. The van der Waals surface area contributed by atoms with Crippen LogP contribution in [0.3, 0.4) is 0 Å². The standard InChI is InChI=1S/C31H32N2O3/c1-6-8-13-27(32-36-31(35)20(3)4)22-14-16-28-25(18-22)26-19-23(15-17-29(26)33(28)7-2)30(34)24-12-10-9-11-21(24)5/h6,9-12,14-20H,1,7-8,13H2,2-5H3/b32-27+. The van der Waals surface area contributed by atoms with Gasteiger partial charge in [0.2, 0.25) is 0 Å². The molecule has 0 radical (unpaired) electrons. The molecule has 0 saturated carbocycles. The summed E-state index contributed by atoms with van der Waals surface area (Å²) in [4.78, 5) is 30.6. The van der Waals surface area contributed by atoms with Gasteiger partial charge in [0.1, 0.15) is 0 Å². The zero-order chi connectivity index (χ0) is 25.8. The van der Waals surface area contributed by atoms with Crippen LogP contribution in [-0.4, -0.2) is 22.0 Å².